The fourth-order valence-corrected chi connectivity index (χ4v) is 3.25. The van der Waals surface area contributed by atoms with Crippen molar-refractivity contribution >= 4 is 17.7 Å². The minimum Gasteiger partial charge on any atom is -0.393 e. The van der Waals surface area contributed by atoms with Crippen molar-refractivity contribution in [2.24, 2.45) is 17.8 Å². The molecule has 1 aromatic rings. The van der Waals surface area contributed by atoms with Gasteiger partial charge >= 0.3 is 11.9 Å². The summed E-state index contributed by atoms with van der Waals surface area (Å²) in [5.74, 6) is -2.63. The summed E-state index contributed by atoms with van der Waals surface area (Å²) in [6.07, 6.45) is 0.125. The van der Waals surface area contributed by atoms with Gasteiger partial charge in [0.05, 0.1) is 11.8 Å². The van der Waals surface area contributed by atoms with Crippen molar-refractivity contribution in [3.05, 3.63) is 35.9 Å². The van der Waals surface area contributed by atoms with E-state index in [1.807, 2.05) is 37.3 Å². The molecule has 98 valence electrons. The van der Waals surface area contributed by atoms with Crippen LogP contribution in [0.25, 0.3) is 0 Å². The number of carbonyl (C=O) groups excluding carboxylic acids is 3. The van der Waals surface area contributed by atoms with Crippen LogP contribution in [0.15, 0.2) is 30.3 Å². The van der Waals surface area contributed by atoms with Gasteiger partial charge in [0.1, 0.15) is 5.78 Å². The van der Waals surface area contributed by atoms with E-state index in [1.165, 1.54) is 0 Å². The predicted octanol–water partition coefficient (Wildman–Crippen LogP) is 1.69. The van der Waals surface area contributed by atoms with Gasteiger partial charge in [0.25, 0.3) is 0 Å². The van der Waals surface area contributed by atoms with E-state index in [2.05, 4.69) is 0 Å². The van der Waals surface area contributed by atoms with Gasteiger partial charge in [0, 0.05) is 18.3 Å². The highest BCUT2D eigenvalue weighted by Crippen LogP contribution is 2.47. The number of cyclic esters (lactones) is 2. The highest BCUT2D eigenvalue weighted by molar-refractivity contribution is 6.01. The number of hydrogen-bond donors (Lipinski definition) is 0. The summed E-state index contributed by atoms with van der Waals surface area (Å²) in [7, 11) is 0. The lowest BCUT2D eigenvalue weighted by molar-refractivity contribution is -0.154. The van der Waals surface area contributed by atoms with Crippen molar-refractivity contribution in [2.75, 3.05) is 0 Å². The highest BCUT2D eigenvalue weighted by atomic mass is 16.6. The molecule has 1 heterocycles. The standard InChI is InChI=1S/C15H14O4/c1-8-11(16)7-10-13(15(18)19-14(10)17)12(8)9-5-3-2-4-6-9/h2-6,8,10,12-13H,7H2,1H3/t8-,10-,12-,13+/m1/s1. The Morgan fingerprint density at radius 2 is 1.68 bits per heavy atom. The number of fused-ring (bicyclic) bond motifs is 1. The normalized spacial score (nSPS) is 34.1. The maximum atomic E-state index is 12.1. The number of rotatable bonds is 1. The van der Waals surface area contributed by atoms with Crippen molar-refractivity contribution < 1.29 is 19.1 Å². The second-order valence-corrected chi connectivity index (χ2v) is 5.27. The summed E-state index contributed by atoms with van der Waals surface area (Å²) >= 11 is 0. The summed E-state index contributed by atoms with van der Waals surface area (Å²) < 4.78 is 4.73. The fourth-order valence-electron chi connectivity index (χ4n) is 3.25. The first kappa shape index (κ1) is 12.1. The third kappa shape index (κ3) is 1.79. The van der Waals surface area contributed by atoms with Gasteiger partial charge in [-0.25, -0.2) is 0 Å². The molecule has 1 aliphatic heterocycles. The minimum absolute atomic E-state index is 0.0294. The molecule has 1 saturated heterocycles. The van der Waals surface area contributed by atoms with Crippen LogP contribution < -0.4 is 0 Å². The number of hydrogen-bond acceptors (Lipinski definition) is 4. The Bertz CT molecular complexity index is 549. The van der Waals surface area contributed by atoms with Gasteiger partial charge in [-0.1, -0.05) is 37.3 Å². The first-order valence-electron chi connectivity index (χ1n) is 6.43. The van der Waals surface area contributed by atoms with Crippen LogP contribution >= 0.6 is 0 Å². The summed E-state index contributed by atoms with van der Waals surface area (Å²) in [6, 6.07) is 9.42. The Morgan fingerprint density at radius 3 is 2.37 bits per heavy atom. The molecule has 0 N–H and O–H groups in total. The van der Waals surface area contributed by atoms with Crippen molar-refractivity contribution in [1.29, 1.82) is 0 Å². The fraction of sp³-hybridized carbons (Fsp3) is 0.400. The van der Waals surface area contributed by atoms with Crippen LogP contribution in [-0.4, -0.2) is 17.7 Å². The van der Waals surface area contributed by atoms with Gasteiger partial charge < -0.3 is 4.74 Å². The first-order valence-corrected chi connectivity index (χ1v) is 6.43. The number of Topliss-reactive ketones (excluding diaryl/α,β-unsaturated/α-hetero) is 1. The molecule has 1 aliphatic carbocycles. The smallest absolute Gasteiger partial charge is 0.318 e. The molecule has 4 heteroatoms. The largest absolute Gasteiger partial charge is 0.393 e. The van der Waals surface area contributed by atoms with Crippen LogP contribution in [-0.2, 0) is 19.1 Å². The van der Waals surface area contributed by atoms with Gasteiger partial charge in [-0.2, -0.15) is 0 Å². The predicted molar refractivity (Wildman–Crippen MR) is 66.1 cm³/mol. The van der Waals surface area contributed by atoms with Gasteiger partial charge in [0.2, 0.25) is 0 Å². The number of esters is 2. The maximum Gasteiger partial charge on any atom is 0.318 e. The molecular weight excluding hydrogens is 244 g/mol. The Hall–Kier alpha value is -1.97. The molecule has 1 aromatic carbocycles. The average molecular weight is 258 g/mol. The summed E-state index contributed by atoms with van der Waals surface area (Å²) in [5, 5.41) is 0. The molecule has 4 nitrogen and oxygen atoms in total. The van der Waals surface area contributed by atoms with E-state index in [4.69, 9.17) is 4.74 Å². The first-order chi connectivity index (χ1) is 9.09. The molecule has 4 atom stereocenters. The monoisotopic (exact) mass is 258 g/mol. The number of carbonyl (C=O) groups is 3. The van der Waals surface area contributed by atoms with E-state index in [0.29, 0.717) is 0 Å². The lowest BCUT2D eigenvalue weighted by atomic mass is 9.65. The molecule has 2 aliphatic rings. The van der Waals surface area contributed by atoms with Crippen molar-refractivity contribution in [3.8, 4) is 0 Å². The third-order valence-electron chi connectivity index (χ3n) is 4.25. The lowest BCUT2D eigenvalue weighted by Crippen LogP contribution is -2.39. The van der Waals surface area contributed by atoms with E-state index < -0.39 is 23.8 Å². The summed E-state index contributed by atoms with van der Waals surface area (Å²) in [5.41, 5.74) is 0.921. The quantitative estimate of drug-likeness (QED) is 0.568. The Balaban J connectivity index is 2.06. The zero-order valence-electron chi connectivity index (χ0n) is 10.5. The SMILES string of the molecule is C[C@@H]1C(=O)C[C@H]2C(=O)OC(=O)[C@@H]2[C@H]1c1ccccc1. The van der Waals surface area contributed by atoms with E-state index in [0.717, 1.165) is 5.56 Å². The molecule has 0 aromatic heterocycles. The van der Waals surface area contributed by atoms with Crippen LogP contribution in [0.1, 0.15) is 24.8 Å². The zero-order chi connectivity index (χ0) is 13.6. The van der Waals surface area contributed by atoms with Crippen molar-refractivity contribution in [1.82, 2.24) is 0 Å². The minimum atomic E-state index is -0.596. The zero-order valence-corrected chi connectivity index (χ0v) is 10.5. The molecule has 2 fully saturated rings. The van der Waals surface area contributed by atoms with E-state index in [-0.39, 0.29) is 24.0 Å². The molecule has 0 amide bonds. The molecular formula is C15H14O4. The molecule has 1 saturated carbocycles. The average Bonchev–Trinajstić information content (AvgIpc) is 2.67. The van der Waals surface area contributed by atoms with E-state index >= 15 is 0 Å². The van der Waals surface area contributed by atoms with Crippen LogP contribution in [0, 0.1) is 17.8 Å². The summed E-state index contributed by atoms with van der Waals surface area (Å²) in [6.45, 7) is 1.83. The second kappa shape index (κ2) is 4.30. The van der Waals surface area contributed by atoms with Crippen LogP contribution in [0.5, 0.6) is 0 Å². The molecule has 0 bridgehead atoms. The number of ketones is 1. The molecule has 0 radical (unpaired) electrons. The molecule has 19 heavy (non-hydrogen) atoms. The lowest BCUT2D eigenvalue weighted by Gasteiger charge is -2.34. The van der Waals surface area contributed by atoms with Gasteiger partial charge in [-0.15, -0.1) is 0 Å². The van der Waals surface area contributed by atoms with Crippen LogP contribution in [0.4, 0.5) is 0 Å². The van der Waals surface area contributed by atoms with Crippen LogP contribution in [0.3, 0.4) is 0 Å². The topological polar surface area (TPSA) is 60.4 Å². The maximum absolute atomic E-state index is 12.1. The Kier molecular flexibility index (Phi) is 2.73. The highest BCUT2D eigenvalue weighted by Gasteiger charge is 2.55. The van der Waals surface area contributed by atoms with Crippen LogP contribution in [0.2, 0.25) is 0 Å². The molecule has 0 unspecified atom stereocenters. The number of ether oxygens (including phenoxy) is 1. The van der Waals surface area contributed by atoms with Crippen molar-refractivity contribution in [2.45, 2.75) is 19.3 Å². The third-order valence-corrected chi connectivity index (χ3v) is 4.25. The van der Waals surface area contributed by atoms with Crippen molar-refractivity contribution in [3.63, 3.8) is 0 Å². The second-order valence-electron chi connectivity index (χ2n) is 5.27. The number of benzene rings is 1. The van der Waals surface area contributed by atoms with Gasteiger partial charge in [-0.3, -0.25) is 14.4 Å². The molecule has 3 rings (SSSR count). The molecule has 0 spiro atoms. The van der Waals surface area contributed by atoms with Gasteiger partial charge in [0.15, 0.2) is 0 Å². The van der Waals surface area contributed by atoms with E-state index in [9.17, 15) is 14.4 Å². The van der Waals surface area contributed by atoms with Gasteiger partial charge in [-0.05, 0) is 5.56 Å². The summed E-state index contributed by atoms with van der Waals surface area (Å²) in [4.78, 5) is 35.6. The Labute approximate surface area is 110 Å². The Morgan fingerprint density at radius 1 is 1.00 bits per heavy atom. The van der Waals surface area contributed by atoms with E-state index in [1.54, 1.807) is 0 Å².